The summed E-state index contributed by atoms with van der Waals surface area (Å²) >= 11 is 1.58. The quantitative estimate of drug-likeness (QED) is 0.603. The average molecular weight is 419 g/mol. The van der Waals surface area contributed by atoms with Crippen molar-refractivity contribution < 1.29 is 24.5 Å². The highest BCUT2D eigenvalue weighted by atomic mass is 32.1. The van der Waals surface area contributed by atoms with Gasteiger partial charge in [0.1, 0.15) is 5.75 Å². The van der Waals surface area contributed by atoms with Crippen molar-refractivity contribution in [3.8, 4) is 5.75 Å². The van der Waals surface area contributed by atoms with Crippen LogP contribution in [0.1, 0.15) is 29.3 Å². The van der Waals surface area contributed by atoms with Gasteiger partial charge in [-0.1, -0.05) is 18.2 Å². The van der Waals surface area contributed by atoms with E-state index in [4.69, 9.17) is 4.74 Å². The van der Waals surface area contributed by atoms with Crippen LogP contribution in [0.15, 0.2) is 41.8 Å². The molecule has 8 heteroatoms. The number of rotatable bonds is 8. The molecule has 29 heavy (non-hydrogen) atoms. The zero-order chi connectivity index (χ0) is 20.8. The molecule has 1 aliphatic heterocycles. The van der Waals surface area contributed by atoms with Crippen LogP contribution in [-0.4, -0.2) is 59.3 Å². The summed E-state index contributed by atoms with van der Waals surface area (Å²) < 4.78 is 5.25. The fourth-order valence-electron chi connectivity index (χ4n) is 3.54. The van der Waals surface area contributed by atoms with E-state index in [1.165, 1.54) is 4.90 Å². The zero-order valence-electron chi connectivity index (χ0n) is 16.3. The maximum atomic E-state index is 12.8. The Kier molecular flexibility index (Phi) is 7.24. The van der Waals surface area contributed by atoms with Crippen molar-refractivity contribution in [3.05, 3.63) is 52.2 Å². The number of carbonyl (C=O) groups excluding carboxylic acids is 2. The minimum absolute atomic E-state index is 0.221. The standard InChI is InChI=1S/C21H26N2O5S/c1-28-15-6-2-5-14(13-15)17-8-3-11-23(17)21(27)19(25)18(24)20(26)22-10-9-16-7-4-12-29-16/h2,4-7,12-13,17-19,24-25H,3,8-11H2,1H3,(H,22,26)/t17?,18-,19-/m1/s1. The fourth-order valence-corrected chi connectivity index (χ4v) is 4.25. The van der Waals surface area contributed by atoms with Crippen molar-refractivity contribution in [2.75, 3.05) is 20.2 Å². The Labute approximate surface area is 173 Å². The smallest absolute Gasteiger partial charge is 0.255 e. The number of nitrogens with zero attached hydrogens (tertiary/aromatic N) is 1. The number of benzene rings is 1. The molecule has 1 aromatic heterocycles. The van der Waals surface area contributed by atoms with Gasteiger partial charge in [-0.3, -0.25) is 9.59 Å². The molecule has 1 aromatic carbocycles. The van der Waals surface area contributed by atoms with E-state index in [0.717, 1.165) is 23.3 Å². The van der Waals surface area contributed by atoms with E-state index in [-0.39, 0.29) is 6.04 Å². The Bertz CT molecular complexity index is 826. The molecular weight excluding hydrogens is 392 g/mol. The monoisotopic (exact) mass is 418 g/mol. The lowest BCUT2D eigenvalue weighted by Gasteiger charge is -2.28. The summed E-state index contributed by atoms with van der Waals surface area (Å²) in [5, 5.41) is 25.1. The molecule has 3 atom stereocenters. The highest BCUT2D eigenvalue weighted by molar-refractivity contribution is 7.09. The summed E-state index contributed by atoms with van der Waals surface area (Å²) in [6.07, 6.45) is -1.46. The van der Waals surface area contributed by atoms with Crippen molar-refractivity contribution in [2.45, 2.75) is 37.5 Å². The summed E-state index contributed by atoms with van der Waals surface area (Å²) in [5.74, 6) is -0.705. The van der Waals surface area contributed by atoms with Gasteiger partial charge in [-0.05, 0) is 48.4 Å². The van der Waals surface area contributed by atoms with Crippen LogP contribution in [0.25, 0.3) is 0 Å². The molecule has 1 saturated heterocycles. The Balaban J connectivity index is 1.59. The number of nitrogens with one attached hydrogen (secondary N) is 1. The van der Waals surface area contributed by atoms with Crippen molar-refractivity contribution in [1.29, 1.82) is 0 Å². The van der Waals surface area contributed by atoms with E-state index in [1.807, 2.05) is 41.8 Å². The van der Waals surface area contributed by atoms with Gasteiger partial charge in [-0.15, -0.1) is 11.3 Å². The van der Waals surface area contributed by atoms with Gasteiger partial charge in [0.15, 0.2) is 12.2 Å². The van der Waals surface area contributed by atoms with Crippen LogP contribution in [-0.2, 0) is 16.0 Å². The predicted molar refractivity (Wildman–Crippen MR) is 110 cm³/mol. The first-order chi connectivity index (χ1) is 14.0. The Morgan fingerprint density at radius 2 is 2.10 bits per heavy atom. The molecule has 0 saturated carbocycles. The van der Waals surface area contributed by atoms with Crippen molar-refractivity contribution in [1.82, 2.24) is 10.2 Å². The fraction of sp³-hybridized carbons (Fsp3) is 0.429. The molecule has 2 amide bonds. The van der Waals surface area contributed by atoms with Crippen LogP contribution < -0.4 is 10.1 Å². The number of hydrogen-bond acceptors (Lipinski definition) is 6. The summed E-state index contributed by atoms with van der Waals surface area (Å²) in [5.41, 5.74) is 0.900. The molecule has 2 aromatic rings. The second-order valence-electron chi connectivity index (χ2n) is 6.98. The zero-order valence-corrected chi connectivity index (χ0v) is 17.1. The lowest BCUT2D eigenvalue weighted by Crippen LogP contribution is -2.50. The maximum absolute atomic E-state index is 12.8. The van der Waals surface area contributed by atoms with E-state index < -0.39 is 24.0 Å². The summed E-state index contributed by atoms with van der Waals surface area (Å²) in [7, 11) is 1.58. The van der Waals surface area contributed by atoms with Crippen LogP contribution in [0, 0.1) is 0 Å². The van der Waals surface area contributed by atoms with Gasteiger partial charge in [-0.25, -0.2) is 0 Å². The second-order valence-corrected chi connectivity index (χ2v) is 8.01. The minimum Gasteiger partial charge on any atom is -0.497 e. The molecule has 1 unspecified atom stereocenters. The number of aliphatic hydroxyl groups excluding tert-OH is 2. The third-order valence-corrected chi connectivity index (χ3v) is 6.02. The first-order valence-corrected chi connectivity index (χ1v) is 10.5. The number of methoxy groups -OCH3 is 1. The second kappa shape index (κ2) is 9.87. The largest absolute Gasteiger partial charge is 0.497 e. The third kappa shape index (κ3) is 5.14. The predicted octanol–water partition coefficient (Wildman–Crippen LogP) is 1.50. The van der Waals surface area contributed by atoms with Gasteiger partial charge in [0, 0.05) is 18.0 Å². The van der Waals surface area contributed by atoms with Crippen LogP contribution >= 0.6 is 11.3 Å². The molecule has 1 aliphatic rings. The van der Waals surface area contributed by atoms with Gasteiger partial charge < -0.3 is 25.2 Å². The minimum atomic E-state index is -1.81. The van der Waals surface area contributed by atoms with Crippen molar-refractivity contribution in [2.24, 2.45) is 0 Å². The molecular formula is C21H26N2O5S. The molecule has 0 radical (unpaired) electrons. The number of likely N-dealkylation sites (tertiary alicyclic amines) is 1. The Morgan fingerprint density at radius 3 is 2.83 bits per heavy atom. The average Bonchev–Trinajstić information content (AvgIpc) is 3.44. The molecule has 156 valence electrons. The third-order valence-electron chi connectivity index (χ3n) is 5.09. The van der Waals surface area contributed by atoms with Gasteiger partial charge in [-0.2, -0.15) is 0 Å². The highest BCUT2D eigenvalue weighted by Gasteiger charge is 2.38. The molecule has 0 aliphatic carbocycles. The van der Waals surface area contributed by atoms with Gasteiger partial charge in [0.2, 0.25) is 0 Å². The molecule has 1 fully saturated rings. The van der Waals surface area contributed by atoms with Gasteiger partial charge in [0.25, 0.3) is 11.8 Å². The number of amides is 2. The van der Waals surface area contributed by atoms with Gasteiger partial charge in [0.05, 0.1) is 13.2 Å². The van der Waals surface area contributed by atoms with E-state index in [1.54, 1.807) is 18.4 Å². The first-order valence-electron chi connectivity index (χ1n) is 9.62. The summed E-state index contributed by atoms with van der Waals surface area (Å²) in [6, 6.07) is 11.1. The number of ether oxygens (including phenoxy) is 1. The van der Waals surface area contributed by atoms with E-state index in [2.05, 4.69) is 5.32 Å². The number of carbonyl (C=O) groups is 2. The molecule has 2 heterocycles. The van der Waals surface area contributed by atoms with E-state index in [0.29, 0.717) is 25.3 Å². The van der Waals surface area contributed by atoms with E-state index >= 15 is 0 Å². The first kappa shape index (κ1) is 21.3. The van der Waals surface area contributed by atoms with Crippen LogP contribution in [0.5, 0.6) is 5.75 Å². The number of hydrogen-bond donors (Lipinski definition) is 3. The normalized spacial score (nSPS) is 18.3. The number of thiophene rings is 1. The molecule has 3 rings (SSSR count). The van der Waals surface area contributed by atoms with E-state index in [9.17, 15) is 19.8 Å². The Morgan fingerprint density at radius 1 is 1.28 bits per heavy atom. The van der Waals surface area contributed by atoms with Crippen LogP contribution in [0.3, 0.4) is 0 Å². The number of aliphatic hydroxyl groups is 2. The lowest BCUT2D eigenvalue weighted by molar-refractivity contribution is -0.153. The van der Waals surface area contributed by atoms with Crippen LogP contribution in [0.2, 0.25) is 0 Å². The lowest BCUT2D eigenvalue weighted by atomic mass is 10.0. The maximum Gasteiger partial charge on any atom is 0.255 e. The van der Waals surface area contributed by atoms with Crippen molar-refractivity contribution >= 4 is 23.2 Å². The SMILES string of the molecule is COc1cccc(C2CCCN2C(=O)[C@H](O)[C@@H](O)C(=O)NCCc2cccs2)c1. The molecule has 7 nitrogen and oxygen atoms in total. The molecule has 0 spiro atoms. The summed E-state index contributed by atoms with van der Waals surface area (Å²) in [4.78, 5) is 27.6. The Hall–Kier alpha value is -2.42. The summed E-state index contributed by atoms with van der Waals surface area (Å²) in [6.45, 7) is 0.790. The van der Waals surface area contributed by atoms with Crippen LogP contribution in [0.4, 0.5) is 0 Å². The van der Waals surface area contributed by atoms with Crippen molar-refractivity contribution in [3.63, 3.8) is 0 Å². The topological polar surface area (TPSA) is 99.1 Å². The highest BCUT2D eigenvalue weighted by Crippen LogP contribution is 2.34. The molecule has 3 N–H and O–H groups in total. The molecule has 0 bridgehead atoms. The van der Waals surface area contributed by atoms with Gasteiger partial charge >= 0.3 is 0 Å².